The van der Waals surface area contributed by atoms with Crippen LogP contribution in [0.5, 0.6) is 0 Å². The summed E-state index contributed by atoms with van der Waals surface area (Å²) in [6.07, 6.45) is 8.62. The van der Waals surface area contributed by atoms with Crippen LogP contribution < -0.4 is 16.2 Å². The number of carbonyl (C=O) groups excluding carboxylic acids is 1. The van der Waals surface area contributed by atoms with Gasteiger partial charge in [0.2, 0.25) is 0 Å². The zero-order valence-corrected chi connectivity index (χ0v) is 23.4. The predicted octanol–water partition coefficient (Wildman–Crippen LogP) is 3.58. The molecule has 2 aromatic carbocycles. The van der Waals surface area contributed by atoms with E-state index in [1.807, 2.05) is 18.2 Å². The van der Waals surface area contributed by atoms with Gasteiger partial charge in [0.15, 0.2) is 11.6 Å². The number of carbonyl (C=O) groups is 1. The normalized spacial score (nSPS) is 16.6. The van der Waals surface area contributed by atoms with Crippen molar-refractivity contribution in [1.82, 2.24) is 29.7 Å². The van der Waals surface area contributed by atoms with Crippen molar-refractivity contribution in [3.63, 3.8) is 0 Å². The number of anilines is 1. The molecule has 2 N–H and O–H groups in total. The summed E-state index contributed by atoms with van der Waals surface area (Å²) in [5.74, 6) is 3.99. The van der Waals surface area contributed by atoms with E-state index in [2.05, 4.69) is 51.4 Å². The molecule has 2 aromatic heterocycles. The molecule has 1 saturated carbocycles. The van der Waals surface area contributed by atoms with Crippen LogP contribution in [0.3, 0.4) is 0 Å². The number of rotatable bonds is 7. The van der Waals surface area contributed by atoms with Crippen LogP contribution in [0.2, 0.25) is 0 Å². The average Bonchev–Trinajstić information content (AvgIpc) is 2.98. The van der Waals surface area contributed by atoms with Crippen LogP contribution >= 0.6 is 0 Å². The highest BCUT2D eigenvalue weighted by molar-refractivity contribution is 5.93. The second-order valence-corrected chi connectivity index (χ2v) is 10.5. The predicted molar refractivity (Wildman–Crippen MR) is 156 cm³/mol. The van der Waals surface area contributed by atoms with E-state index in [-0.39, 0.29) is 18.7 Å². The SMILES string of the molecule is CN(C)C1CCC(Nc2cnc3ccc(C#CCNC(=O)c4cncn(Cc5ccc(F)c(F)c5)c4=O)cc3n2)CC1. The zero-order chi connectivity index (χ0) is 29.6. The minimum atomic E-state index is -1.02. The molecule has 0 saturated heterocycles. The number of nitrogens with zero attached hydrogens (tertiary/aromatic N) is 5. The number of aromatic nitrogens is 4. The molecule has 1 aliphatic carbocycles. The summed E-state index contributed by atoms with van der Waals surface area (Å²) in [5, 5.41) is 6.12. The molecule has 0 bridgehead atoms. The van der Waals surface area contributed by atoms with E-state index in [1.165, 1.54) is 12.4 Å². The second kappa shape index (κ2) is 12.9. The summed E-state index contributed by atoms with van der Waals surface area (Å²) >= 11 is 0. The minimum absolute atomic E-state index is 0.00270. The molecule has 4 aromatic rings. The van der Waals surface area contributed by atoms with Crippen molar-refractivity contribution in [2.75, 3.05) is 26.0 Å². The van der Waals surface area contributed by atoms with Gasteiger partial charge in [0.05, 0.1) is 36.6 Å². The molecular weight excluding hydrogens is 540 g/mol. The Labute approximate surface area is 242 Å². The molecule has 9 nitrogen and oxygen atoms in total. The molecule has 0 radical (unpaired) electrons. The number of benzene rings is 2. The molecule has 0 atom stereocenters. The Bertz CT molecular complexity index is 1720. The van der Waals surface area contributed by atoms with Gasteiger partial charge in [-0.15, -0.1) is 0 Å². The molecule has 42 heavy (non-hydrogen) atoms. The van der Waals surface area contributed by atoms with E-state index < -0.39 is 23.1 Å². The number of nitrogens with one attached hydrogen (secondary N) is 2. The fourth-order valence-electron chi connectivity index (χ4n) is 5.02. The molecule has 1 amide bonds. The van der Waals surface area contributed by atoms with Gasteiger partial charge in [-0.2, -0.15) is 0 Å². The van der Waals surface area contributed by atoms with Gasteiger partial charge in [-0.1, -0.05) is 17.9 Å². The molecule has 5 rings (SSSR count). The van der Waals surface area contributed by atoms with E-state index in [1.54, 1.807) is 6.20 Å². The van der Waals surface area contributed by atoms with Crippen molar-refractivity contribution in [3.05, 3.63) is 93.8 Å². The first-order valence-corrected chi connectivity index (χ1v) is 13.7. The third-order valence-corrected chi connectivity index (χ3v) is 7.37. The molecule has 1 aliphatic rings. The first-order valence-electron chi connectivity index (χ1n) is 13.7. The van der Waals surface area contributed by atoms with Crippen LogP contribution in [0.25, 0.3) is 11.0 Å². The fraction of sp³-hybridized carbons (Fsp3) is 0.323. The molecule has 2 heterocycles. The molecule has 0 unspecified atom stereocenters. The van der Waals surface area contributed by atoms with Crippen LogP contribution in [0.4, 0.5) is 14.6 Å². The van der Waals surface area contributed by atoms with Crippen LogP contribution in [-0.2, 0) is 6.54 Å². The first kappa shape index (κ1) is 28.8. The van der Waals surface area contributed by atoms with Gasteiger partial charge >= 0.3 is 0 Å². The van der Waals surface area contributed by atoms with Gasteiger partial charge in [-0.05, 0) is 75.7 Å². The Kier molecular flexibility index (Phi) is 8.83. The number of fused-ring (bicyclic) bond motifs is 1. The van der Waals surface area contributed by atoms with Gasteiger partial charge in [-0.25, -0.2) is 18.7 Å². The Balaban J connectivity index is 1.19. The van der Waals surface area contributed by atoms with Crippen LogP contribution in [0.1, 0.15) is 47.2 Å². The lowest BCUT2D eigenvalue weighted by molar-refractivity contribution is 0.0956. The van der Waals surface area contributed by atoms with Crippen LogP contribution in [0, 0.1) is 23.5 Å². The molecule has 0 spiro atoms. The zero-order valence-electron chi connectivity index (χ0n) is 23.4. The lowest BCUT2D eigenvalue weighted by Gasteiger charge is -2.33. The highest BCUT2D eigenvalue weighted by atomic mass is 19.2. The molecule has 216 valence electrons. The third-order valence-electron chi connectivity index (χ3n) is 7.37. The van der Waals surface area contributed by atoms with Gasteiger partial charge < -0.3 is 15.5 Å². The topological polar surface area (TPSA) is 105 Å². The molecular formula is C31H31F2N7O2. The van der Waals surface area contributed by atoms with Gasteiger partial charge in [-0.3, -0.25) is 19.1 Å². The van der Waals surface area contributed by atoms with Crippen molar-refractivity contribution in [2.45, 2.75) is 44.3 Å². The van der Waals surface area contributed by atoms with E-state index >= 15 is 0 Å². The maximum absolute atomic E-state index is 13.5. The van der Waals surface area contributed by atoms with Crippen LogP contribution in [-0.4, -0.2) is 63.0 Å². The van der Waals surface area contributed by atoms with Crippen molar-refractivity contribution in [3.8, 4) is 11.8 Å². The lowest BCUT2D eigenvalue weighted by Crippen LogP contribution is -2.36. The largest absolute Gasteiger partial charge is 0.366 e. The monoisotopic (exact) mass is 571 g/mol. The number of halogens is 2. The Morgan fingerprint density at radius 2 is 1.86 bits per heavy atom. The van der Waals surface area contributed by atoms with Crippen molar-refractivity contribution >= 4 is 22.8 Å². The molecule has 11 heteroatoms. The summed E-state index contributed by atoms with van der Waals surface area (Å²) in [6.45, 7) is -0.0686. The minimum Gasteiger partial charge on any atom is -0.366 e. The highest BCUT2D eigenvalue weighted by Crippen LogP contribution is 2.24. The molecule has 0 aliphatic heterocycles. The van der Waals surface area contributed by atoms with Crippen molar-refractivity contribution in [2.24, 2.45) is 0 Å². The Hall–Kier alpha value is -4.69. The van der Waals surface area contributed by atoms with Crippen LogP contribution in [0.15, 0.2) is 59.9 Å². The maximum atomic E-state index is 13.5. The molecule has 1 fully saturated rings. The summed E-state index contributed by atoms with van der Waals surface area (Å²) in [6, 6.07) is 9.87. The Morgan fingerprint density at radius 3 is 2.62 bits per heavy atom. The van der Waals surface area contributed by atoms with E-state index in [0.29, 0.717) is 23.2 Å². The quantitative estimate of drug-likeness (QED) is 0.327. The van der Waals surface area contributed by atoms with Gasteiger partial charge in [0.25, 0.3) is 11.5 Å². The summed E-state index contributed by atoms with van der Waals surface area (Å²) in [5.41, 5.74) is 1.75. The van der Waals surface area contributed by atoms with Gasteiger partial charge in [0.1, 0.15) is 11.4 Å². The van der Waals surface area contributed by atoms with Crippen molar-refractivity contribution in [1.29, 1.82) is 0 Å². The maximum Gasteiger partial charge on any atom is 0.266 e. The average molecular weight is 572 g/mol. The van der Waals surface area contributed by atoms with Gasteiger partial charge in [0, 0.05) is 23.8 Å². The highest BCUT2D eigenvalue weighted by Gasteiger charge is 2.22. The number of hydrogen-bond donors (Lipinski definition) is 2. The number of hydrogen-bond acceptors (Lipinski definition) is 7. The summed E-state index contributed by atoms with van der Waals surface area (Å²) in [7, 11) is 4.26. The third kappa shape index (κ3) is 6.95. The van der Waals surface area contributed by atoms with E-state index in [0.717, 1.165) is 65.4 Å². The second-order valence-electron chi connectivity index (χ2n) is 10.5. The standard InChI is InChI=1S/C31H31F2N7O2/c1-39(2)23-9-7-22(8-10-23)37-29-17-36-27-12-6-20(15-28(27)38-29)4-3-13-35-30(41)24-16-34-19-40(31(24)42)18-21-5-11-25(32)26(33)14-21/h5-6,11-12,14-17,19,22-23H,7-10,13,18H2,1-2H3,(H,35,41)(H,37,38). The van der Waals surface area contributed by atoms with E-state index in [4.69, 9.17) is 4.98 Å². The lowest BCUT2D eigenvalue weighted by atomic mass is 9.90. The first-order chi connectivity index (χ1) is 20.3. The van der Waals surface area contributed by atoms with E-state index in [9.17, 15) is 18.4 Å². The summed E-state index contributed by atoms with van der Waals surface area (Å²) in [4.78, 5) is 40.9. The Morgan fingerprint density at radius 1 is 1.05 bits per heavy atom. The van der Waals surface area contributed by atoms with Crippen molar-refractivity contribution < 1.29 is 13.6 Å². The smallest absolute Gasteiger partial charge is 0.266 e. The fourth-order valence-corrected chi connectivity index (χ4v) is 5.02. The summed E-state index contributed by atoms with van der Waals surface area (Å²) < 4.78 is 27.9. The number of amides is 1.